The lowest BCUT2D eigenvalue weighted by Gasteiger charge is -2.14. The number of nitrogens with zero attached hydrogens (tertiary/aromatic N) is 1. The molecule has 1 heterocycles. The van der Waals surface area contributed by atoms with Crippen molar-refractivity contribution in [3.8, 4) is 0 Å². The Morgan fingerprint density at radius 1 is 0.929 bits per heavy atom. The van der Waals surface area contributed by atoms with Gasteiger partial charge in [0.25, 0.3) is 17.7 Å². The molecule has 10 heteroatoms. The summed E-state index contributed by atoms with van der Waals surface area (Å²) in [5.74, 6) is -4.08. The smallest absolute Gasteiger partial charge is 0.341 e. The first-order valence-corrected chi connectivity index (χ1v) is 7.83. The molecule has 1 aliphatic rings. The molecule has 28 heavy (non-hydrogen) atoms. The molecule has 3 amide bonds. The fourth-order valence-corrected chi connectivity index (χ4v) is 2.56. The van der Waals surface area contributed by atoms with Gasteiger partial charge < -0.3 is 10.2 Å². The van der Waals surface area contributed by atoms with Crippen molar-refractivity contribution in [1.29, 1.82) is 0 Å². The molecule has 1 N–H and O–H groups in total. The lowest BCUT2D eigenvalue weighted by atomic mass is 10.1. The van der Waals surface area contributed by atoms with Crippen LogP contribution in [0, 0.1) is 0 Å². The van der Waals surface area contributed by atoms with Crippen molar-refractivity contribution in [2.75, 3.05) is 6.54 Å². The average molecular weight is 392 g/mol. The van der Waals surface area contributed by atoms with Crippen LogP contribution in [-0.2, 0) is 15.8 Å². The van der Waals surface area contributed by atoms with Crippen molar-refractivity contribution in [3.63, 3.8) is 0 Å². The summed E-state index contributed by atoms with van der Waals surface area (Å²) in [5, 5.41) is 2.21. The highest BCUT2D eigenvalue weighted by molar-refractivity contribution is 6.20. The fourth-order valence-electron chi connectivity index (χ4n) is 2.56. The number of rotatable bonds is 4. The van der Waals surface area contributed by atoms with Crippen LogP contribution in [0.1, 0.15) is 36.6 Å². The summed E-state index contributed by atoms with van der Waals surface area (Å²) in [6, 6.07) is 9.83. The van der Waals surface area contributed by atoms with Gasteiger partial charge in [0, 0.05) is 0 Å². The first-order chi connectivity index (χ1) is 13.2. The maximum absolute atomic E-state index is 12.9. The number of hydroxylamine groups is 2. The lowest BCUT2D eigenvalue weighted by molar-refractivity contribution is -0.167. The standard InChI is InChI=1S/C18H11F3N2O5/c19-18(20,21)13-8-4-3-7-12(13)15(25)22-9-14(24)28-23-16(26)10-5-1-2-6-11(10)17(23)27/h1-8H,9H2,(H,22,25). The number of carbonyl (C=O) groups excluding carboxylic acids is 4. The lowest BCUT2D eigenvalue weighted by Crippen LogP contribution is -2.38. The van der Waals surface area contributed by atoms with Crippen LogP contribution in [0.2, 0.25) is 0 Å². The van der Waals surface area contributed by atoms with E-state index in [9.17, 15) is 32.3 Å². The molecule has 7 nitrogen and oxygen atoms in total. The summed E-state index contributed by atoms with van der Waals surface area (Å²) >= 11 is 0. The molecule has 0 fully saturated rings. The van der Waals surface area contributed by atoms with E-state index in [4.69, 9.17) is 0 Å². The molecule has 3 rings (SSSR count). The third kappa shape index (κ3) is 3.56. The third-order valence-corrected chi connectivity index (χ3v) is 3.82. The van der Waals surface area contributed by atoms with E-state index < -0.39 is 47.5 Å². The summed E-state index contributed by atoms with van der Waals surface area (Å²) in [7, 11) is 0. The summed E-state index contributed by atoms with van der Waals surface area (Å²) < 4.78 is 38.8. The van der Waals surface area contributed by atoms with Crippen molar-refractivity contribution in [2.24, 2.45) is 0 Å². The van der Waals surface area contributed by atoms with Crippen molar-refractivity contribution < 1.29 is 37.2 Å². The monoisotopic (exact) mass is 392 g/mol. The van der Waals surface area contributed by atoms with Crippen LogP contribution in [-0.4, -0.2) is 35.3 Å². The molecule has 0 aromatic heterocycles. The predicted octanol–water partition coefficient (Wildman–Crippen LogP) is 2.19. The number of benzene rings is 2. The zero-order valence-electron chi connectivity index (χ0n) is 13.9. The van der Waals surface area contributed by atoms with E-state index >= 15 is 0 Å². The number of hydrogen-bond acceptors (Lipinski definition) is 5. The third-order valence-electron chi connectivity index (χ3n) is 3.82. The molecule has 0 aliphatic carbocycles. The van der Waals surface area contributed by atoms with Crippen molar-refractivity contribution >= 4 is 23.7 Å². The second-order valence-corrected chi connectivity index (χ2v) is 5.64. The van der Waals surface area contributed by atoms with Gasteiger partial charge in [-0.25, -0.2) is 4.79 Å². The Morgan fingerprint density at radius 3 is 2.04 bits per heavy atom. The molecule has 0 atom stereocenters. The van der Waals surface area contributed by atoms with Gasteiger partial charge >= 0.3 is 12.1 Å². The number of nitrogens with one attached hydrogen (secondary N) is 1. The van der Waals surface area contributed by atoms with Gasteiger partial charge in [-0.15, -0.1) is 0 Å². The van der Waals surface area contributed by atoms with E-state index in [-0.39, 0.29) is 16.2 Å². The number of imide groups is 1. The first-order valence-electron chi connectivity index (χ1n) is 7.83. The maximum Gasteiger partial charge on any atom is 0.417 e. The minimum Gasteiger partial charge on any atom is -0.341 e. The fraction of sp³-hybridized carbons (Fsp3) is 0.111. The summed E-state index contributed by atoms with van der Waals surface area (Å²) in [5.41, 5.74) is -1.75. The number of amides is 3. The summed E-state index contributed by atoms with van der Waals surface area (Å²) in [6.07, 6.45) is -4.76. The Hall–Kier alpha value is -3.69. The Balaban J connectivity index is 1.64. The molecule has 144 valence electrons. The second-order valence-electron chi connectivity index (χ2n) is 5.64. The molecule has 0 unspecified atom stereocenters. The van der Waals surface area contributed by atoms with Gasteiger partial charge in [-0.2, -0.15) is 13.2 Å². The van der Waals surface area contributed by atoms with Gasteiger partial charge in [0.1, 0.15) is 6.54 Å². The molecule has 0 saturated heterocycles. The van der Waals surface area contributed by atoms with Gasteiger partial charge in [0.2, 0.25) is 0 Å². The van der Waals surface area contributed by atoms with Crippen LogP contribution in [0.5, 0.6) is 0 Å². The number of halogens is 3. The minimum atomic E-state index is -4.76. The van der Waals surface area contributed by atoms with E-state index in [1.54, 1.807) is 0 Å². The predicted molar refractivity (Wildman–Crippen MR) is 86.8 cm³/mol. The van der Waals surface area contributed by atoms with Crippen LogP contribution in [0.15, 0.2) is 48.5 Å². The summed E-state index contributed by atoms with van der Waals surface area (Å²) in [4.78, 5) is 52.7. The summed E-state index contributed by atoms with van der Waals surface area (Å²) in [6.45, 7) is -0.849. The van der Waals surface area contributed by atoms with Gasteiger partial charge in [-0.1, -0.05) is 29.3 Å². The molecule has 0 saturated carbocycles. The Morgan fingerprint density at radius 2 is 1.46 bits per heavy atom. The van der Waals surface area contributed by atoms with E-state index in [1.165, 1.54) is 30.3 Å². The van der Waals surface area contributed by atoms with Gasteiger partial charge in [-0.3, -0.25) is 14.4 Å². The quantitative estimate of drug-likeness (QED) is 0.806. The first kappa shape index (κ1) is 19.1. The molecule has 2 aromatic rings. The van der Waals surface area contributed by atoms with Crippen LogP contribution >= 0.6 is 0 Å². The SMILES string of the molecule is O=C(CNC(=O)c1ccccc1C(F)(F)F)ON1C(=O)c2ccccc2C1=O. The highest BCUT2D eigenvalue weighted by atomic mass is 19.4. The topological polar surface area (TPSA) is 92.8 Å². The maximum atomic E-state index is 12.9. The van der Waals surface area contributed by atoms with Crippen LogP contribution < -0.4 is 5.32 Å². The van der Waals surface area contributed by atoms with Crippen molar-refractivity contribution in [1.82, 2.24) is 10.4 Å². The van der Waals surface area contributed by atoms with Gasteiger partial charge in [0.15, 0.2) is 0 Å². The molecular formula is C18H11F3N2O5. The Bertz CT molecular complexity index is 952. The molecule has 0 bridgehead atoms. The zero-order valence-corrected chi connectivity index (χ0v) is 13.9. The highest BCUT2D eigenvalue weighted by Crippen LogP contribution is 2.31. The van der Waals surface area contributed by atoms with Crippen molar-refractivity contribution in [2.45, 2.75) is 6.18 Å². The molecule has 0 radical (unpaired) electrons. The molecule has 1 aliphatic heterocycles. The number of alkyl halides is 3. The van der Waals surface area contributed by atoms with Crippen molar-refractivity contribution in [3.05, 3.63) is 70.8 Å². The normalized spacial score (nSPS) is 13.3. The van der Waals surface area contributed by atoms with E-state index in [0.29, 0.717) is 0 Å². The molecular weight excluding hydrogens is 381 g/mol. The molecule has 0 spiro atoms. The minimum absolute atomic E-state index is 0.0449. The van der Waals surface area contributed by atoms with Crippen LogP contribution in [0.4, 0.5) is 13.2 Å². The Labute approximate surface area is 155 Å². The zero-order chi connectivity index (χ0) is 20.5. The average Bonchev–Trinajstić information content (AvgIpc) is 2.90. The van der Waals surface area contributed by atoms with E-state index in [1.807, 2.05) is 5.32 Å². The van der Waals surface area contributed by atoms with E-state index in [0.717, 1.165) is 18.2 Å². The number of hydrogen-bond donors (Lipinski definition) is 1. The Kier molecular flexibility index (Phi) is 4.87. The highest BCUT2D eigenvalue weighted by Gasteiger charge is 2.39. The van der Waals surface area contributed by atoms with Crippen LogP contribution in [0.3, 0.4) is 0 Å². The van der Waals surface area contributed by atoms with Gasteiger partial charge in [0.05, 0.1) is 22.3 Å². The van der Waals surface area contributed by atoms with Gasteiger partial charge in [-0.05, 0) is 24.3 Å². The van der Waals surface area contributed by atoms with Crippen LogP contribution in [0.25, 0.3) is 0 Å². The molecule has 2 aromatic carbocycles. The number of fused-ring (bicyclic) bond motifs is 1. The number of carbonyl (C=O) groups is 4. The second kappa shape index (κ2) is 7.14. The van der Waals surface area contributed by atoms with E-state index in [2.05, 4.69) is 4.84 Å². The largest absolute Gasteiger partial charge is 0.417 e.